The van der Waals surface area contributed by atoms with E-state index in [-0.39, 0.29) is 5.91 Å². The van der Waals surface area contributed by atoms with Crippen molar-refractivity contribution in [1.82, 2.24) is 19.7 Å². The predicted octanol–water partition coefficient (Wildman–Crippen LogP) is 4.92. The van der Waals surface area contributed by atoms with Crippen LogP contribution in [-0.2, 0) is 4.79 Å². The Balaban J connectivity index is 1.59. The number of hydrogen-bond donors (Lipinski definition) is 2. The van der Waals surface area contributed by atoms with Crippen molar-refractivity contribution in [3.8, 4) is 11.4 Å². The predicted molar refractivity (Wildman–Crippen MR) is 124 cm³/mol. The molecule has 4 aromatic rings. The van der Waals surface area contributed by atoms with Crippen molar-refractivity contribution in [1.29, 1.82) is 0 Å². The molecule has 0 bridgehead atoms. The monoisotopic (exact) mass is 442 g/mol. The molecule has 1 aliphatic heterocycles. The summed E-state index contributed by atoms with van der Waals surface area (Å²) in [6.07, 6.45) is 1.64. The van der Waals surface area contributed by atoms with Gasteiger partial charge in [0.1, 0.15) is 11.9 Å². The Labute approximate surface area is 189 Å². The molecule has 0 saturated carbocycles. The van der Waals surface area contributed by atoms with Crippen LogP contribution < -0.4 is 10.6 Å². The van der Waals surface area contributed by atoms with Gasteiger partial charge in [0.15, 0.2) is 5.82 Å². The fraction of sp³-hybridized carbons (Fsp3) is 0.0833. The maximum absolute atomic E-state index is 13.4. The minimum atomic E-state index is -0.454. The molecule has 1 unspecified atom stereocenters. The molecule has 3 heterocycles. The van der Waals surface area contributed by atoms with Crippen LogP contribution in [0.4, 0.5) is 11.8 Å². The summed E-state index contributed by atoms with van der Waals surface area (Å²) >= 11 is 6.03. The lowest BCUT2D eigenvalue weighted by Crippen LogP contribution is -2.31. The molecular weight excluding hydrogens is 424 g/mol. The molecule has 2 N–H and O–H groups in total. The Bertz CT molecular complexity index is 1300. The quantitative estimate of drug-likeness (QED) is 0.468. The fourth-order valence-electron chi connectivity index (χ4n) is 3.73. The maximum atomic E-state index is 13.4. The summed E-state index contributed by atoms with van der Waals surface area (Å²) in [5.41, 5.74) is 3.01. The van der Waals surface area contributed by atoms with E-state index in [1.54, 1.807) is 35.1 Å². The number of rotatable bonds is 4. The topological polar surface area (TPSA) is 84.7 Å². The van der Waals surface area contributed by atoms with Crippen LogP contribution in [0.25, 0.3) is 11.4 Å². The summed E-state index contributed by atoms with van der Waals surface area (Å²) in [6.45, 7) is 1.86. The minimum Gasteiger partial charge on any atom is -0.328 e. The van der Waals surface area contributed by atoms with Gasteiger partial charge in [0.2, 0.25) is 5.95 Å². The lowest BCUT2D eigenvalue weighted by molar-refractivity contribution is -0.113. The molecule has 2 aromatic carbocycles. The van der Waals surface area contributed by atoms with Gasteiger partial charge in [-0.25, -0.2) is 9.67 Å². The number of pyridine rings is 1. The average molecular weight is 443 g/mol. The molecule has 0 aliphatic carbocycles. The number of nitrogens with zero attached hydrogens (tertiary/aromatic N) is 4. The van der Waals surface area contributed by atoms with E-state index in [4.69, 9.17) is 16.7 Å². The zero-order chi connectivity index (χ0) is 22.1. The van der Waals surface area contributed by atoms with Crippen molar-refractivity contribution in [3.63, 3.8) is 0 Å². The molecule has 5 rings (SSSR count). The van der Waals surface area contributed by atoms with Gasteiger partial charge < -0.3 is 10.6 Å². The van der Waals surface area contributed by atoms with Gasteiger partial charge in [0.25, 0.3) is 5.91 Å². The molecule has 158 valence electrons. The van der Waals surface area contributed by atoms with Crippen molar-refractivity contribution in [2.24, 2.45) is 0 Å². The SMILES string of the molecule is CC1=C(C(=O)Nc2ccccn2)C(c2ccccc2)n2nc(-c3ccc(Cl)cc3)nc2N1. The minimum absolute atomic E-state index is 0.253. The number of amides is 1. The number of fused-ring (bicyclic) bond motifs is 1. The van der Waals surface area contributed by atoms with Gasteiger partial charge in [-0.1, -0.05) is 48.0 Å². The lowest BCUT2D eigenvalue weighted by Gasteiger charge is -2.28. The van der Waals surface area contributed by atoms with Crippen LogP contribution in [-0.4, -0.2) is 25.7 Å². The molecule has 1 atom stereocenters. The zero-order valence-corrected chi connectivity index (χ0v) is 17.9. The van der Waals surface area contributed by atoms with Gasteiger partial charge in [0, 0.05) is 22.5 Å². The van der Waals surface area contributed by atoms with E-state index >= 15 is 0 Å². The third kappa shape index (κ3) is 3.74. The lowest BCUT2D eigenvalue weighted by atomic mass is 9.95. The van der Waals surface area contributed by atoms with Crippen LogP contribution in [0.3, 0.4) is 0 Å². The number of carbonyl (C=O) groups is 1. The normalized spacial score (nSPS) is 15.1. The van der Waals surface area contributed by atoms with Gasteiger partial charge in [0.05, 0.1) is 5.57 Å². The van der Waals surface area contributed by atoms with E-state index in [9.17, 15) is 4.79 Å². The highest BCUT2D eigenvalue weighted by Gasteiger charge is 2.34. The van der Waals surface area contributed by atoms with Crippen LogP contribution in [0.15, 0.2) is 90.3 Å². The Morgan fingerprint density at radius 2 is 1.78 bits per heavy atom. The Kier molecular flexibility index (Phi) is 5.17. The number of anilines is 2. The Morgan fingerprint density at radius 3 is 2.50 bits per heavy atom. The number of hydrogen-bond acceptors (Lipinski definition) is 5. The van der Waals surface area contributed by atoms with E-state index in [0.29, 0.717) is 33.9 Å². The van der Waals surface area contributed by atoms with Gasteiger partial charge >= 0.3 is 0 Å². The Morgan fingerprint density at radius 1 is 1.03 bits per heavy atom. The van der Waals surface area contributed by atoms with Gasteiger partial charge in [-0.05, 0) is 48.9 Å². The second kappa shape index (κ2) is 8.28. The maximum Gasteiger partial charge on any atom is 0.257 e. The molecule has 2 aromatic heterocycles. The van der Waals surface area contributed by atoms with E-state index in [0.717, 1.165) is 11.1 Å². The average Bonchev–Trinajstić information content (AvgIpc) is 3.23. The van der Waals surface area contributed by atoms with E-state index < -0.39 is 6.04 Å². The second-order valence-electron chi connectivity index (χ2n) is 7.36. The van der Waals surface area contributed by atoms with Crippen molar-refractivity contribution in [2.45, 2.75) is 13.0 Å². The summed E-state index contributed by atoms with van der Waals surface area (Å²) in [7, 11) is 0. The van der Waals surface area contributed by atoms with Crippen LogP contribution in [0, 0.1) is 0 Å². The van der Waals surface area contributed by atoms with Crippen LogP contribution in [0.2, 0.25) is 5.02 Å². The number of allylic oxidation sites excluding steroid dienone is 1. The summed E-state index contributed by atoms with van der Waals surface area (Å²) < 4.78 is 1.75. The number of aromatic nitrogens is 4. The summed E-state index contributed by atoms with van der Waals surface area (Å²) in [4.78, 5) is 22.2. The summed E-state index contributed by atoms with van der Waals surface area (Å²) in [5, 5.41) is 11.5. The van der Waals surface area contributed by atoms with Gasteiger partial charge in [-0.2, -0.15) is 4.98 Å². The first-order valence-electron chi connectivity index (χ1n) is 10.1. The van der Waals surface area contributed by atoms with Gasteiger partial charge in [-0.3, -0.25) is 4.79 Å². The third-order valence-corrected chi connectivity index (χ3v) is 5.47. The largest absolute Gasteiger partial charge is 0.328 e. The summed E-state index contributed by atoms with van der Waals surface area (Å²) in [5.74, 6) is 1.34. The highest BCUT2D eigenvalue weighted by Crippen LogP contribution is 2.36. The Hall–Kier alpha value is -3.97. The van der Waals surface area contributed by atoms with Crippen molar-refractivity contribution < 1.29 is 4.79 Å². The van der Waals surface area contributed by atoms with Crippen LogP contribution in [0.5, 0.6) is 0 Å². The zero-order valence-electron chi connectivity index (χ0n) is 17.2. The highest BCUT2D eigenvalue weighted by molar-refractivity contribution is 6.30. The molecule has 32 heavy (non-hydrogen) atoms. The molecule has 0 fully saturated rings. The van der Waals surface area contributed by atoms with E-state index in [2.05, 4.69) is 20.6 Å². The molecule has 1 aliphatic rings. The second-order valence-corrected chi connectivity index (χ2v) is 7.79. The van der Waals surface area contributed by atoms with Gasteiger partial charge in [-0.15, -0.1) is 5.10 Å². The van der Waals surface area contributed by atoms with Crippen LogP contribution >= 0.6 is 11.6 Å². The molecule has 8 heteroatoms. The number of halogens is 1. The number of benzene rings is 2. The van der Waals surface area contributed by atoms with Crippen molar-refractivity contribution in [2.75, 3.05) is 10.6 Å². The first-order valence-corrected chi connectivity index (χ1v) is 10.5. The molecule has 1 amide bonds. The highest BCUT2D eigenvalue weighted by atomic mass is 35.5. The summed E-state index contributed by atoms with van der Waals surface area (Å²) in [6, 6.07) is 22.0. The first kappa shape index (κ1) is 20.0. The van der Waals surface area contributed by atoms with Crippen molar-refractivity contribution >= 4 is 29.3 Å². The number of nitrogens with one attached hydrogen (secondary N) is 2. The molecular formula is C24H19ClN6O. The fourth-order valence-corrected chi connectivity index (χ4v) is 3.86. The molecule has 0 spiro atoms. The third-order valence-electron chi connectivity index (χ3n) is 5.22. The van der Waals surface area contributed by atoms with E-state index in [1.165, 1.54) is 0 Å². The smallest absolute Gasteiger partial charge is 0.257 e. The van der Waals surface area contributed by atoms with E-state index in [1.807, 2.05) is 55.5 Å². The van der Waals surface area contributed by atoms with Crippen molar-refractivity contribution in [3.05, 3.63) is 101 Å². The van der Waals surface area contributed by atoms with Crippen LogP contribution in [0.1, 0.15) is 18.5 Å². The number of carbonyl (C=O) groups excluding carboxylic acids is 1. The standard InChI is InChI=1S/C24H19ClN6O/c1-15-20(23(32)28-19-9-5-6-14-26-19)21(16-7-3-2-4-8-16)31-24(27-15)29-22(30-31)17-10-12-18(25)13-11-17/h2-14,21H,1H3,(H,26,28,32)(H,27,29,30). The molecule has 7 nitrogen and oxygen atoms in total. The molecule has 0 saturated heterocycles. The first-order chi connectivity index (χ1) is 15.6. The molecule has 0 radical (unpaired) electrons.